The number of thiophene rings is 1. The first-order valence-corrected chi connectivity index (χ1v) is 13.5. The molecule has 2 aliphatic rings. The van der Waals surface area contributed by atoms with Crippen LogP contribution in [0.3, 0.4) is 0 Å². The van der Waals surface area contributed by atoms with E-state index in [9.17, 15) is 0 Å². The number of benzene rings is 1. The van der Waals surface area contributed by atoms with E-state index in [2.05, 4.69) is 66.9 Å². The molecule has 0 saturated carbocycles. The summed E-state index contributed by atoms with van der Waals surface area (Å²) in [6, 6.07) is 13.2. The van der Waals surface area contributed by atoms with E-state index in [0.717, 1.165) is 81.4 Å². The van der Waals surface area contributed by atoms with E-state index in [-0.39, 0.29) is 0 Å². The molecule has 0 aliphatic carbocycles. The van der Waals surface area contributed by atoms with Gasteiger partial charge in [0.2, 0.25) is 0 Å². The predicted octanol–water partition coefficient (Wildman–Crippen LogP) is 5.25. The van der Waals surface area contributed by atoms with Crippen LogP contribution < -0.4 is 10.2 Å². The van der Waals surface area contributed by atoms with Gasteiger partial charge in [-0.2, -0.15) is 0 Å². The molecule has 35 heavy (non-hydrogen) atoms. The minimum Gasteiger partial charge on any atom is -0.379 e. The maximum atomic E-state index is 6.61. The van der Waals surface area contributed by atoms with Crippen LogP contribution in [-0.2, 0) is 11.3 Å². The number of hydrogen-bond donors (Lipinski definition) is 2. The molecule has 4 aromatic rings. The second-order valence-electron chi connectivity index (χ2n) is 9.19. The number of fused-ring (bicyclic) bond motifs is 1. The molecule has 1 aromatic carbocycles. The summed E-state index contributed by atoms with van der Waals surface area (Å²) < 4.78 is 5.47. The fraction of sp³-hybridized carbons (Fsp3) is 0.385. The number of pyridine rings is 1. The monoisotopic (exact) mass is 508 g/mol. The quantitative estimate of drug-likeness (QED) is 0.370. The molecule has 0 bridgehead atoms. The lowest BCUT2D eigenvalue weighted by atomic mass is 10.0. The summed E-state index contributed by atoms with van der Waals surface area (Å²) in [6.07, 6.45) is 3.86. The number of piperidine rings is 1. The van der Waals surface area contributed by atoms with Gasteiger partial charge in [0.15, 0.2) is 5.65 Å². The smallest absolute Gasteiger partial charge is 0.180 e. The Balaban J connectivity index is 1.17. The standard InChI is InChI=1S/C26H29ClN6OS/c27-22-16-28-26-24(23(22)29-19-7-9-32(10-8-19)17-21-2-1-15-35-21)30-25(31-26)18-3-5-20(6-4-18)33-11-13-34-14-12-33/h1-6,15-16,19H,7-14,17H2,(H2,28,29,30,31). The van der Waals surface area contributed by atoms with Gasteiger partial charge in [-0.25, -0.2) is 9.97 Å². The van der Waals surface area contributed by atoms with Gasteiger partial charge in [-0.05, 0) is 48.6 Å². The average Bonchev–Trinajstić information content (AvgIpc) is 3.58. The van der Waals surface area contributed by atoms with Crippen molar-refractivity contribution in [1.29, 1.82) is 0 Å². The fourth-order valence-corrected chi connectivity index (χ4v) is 5.87. The van der Waals surface area contributed by atoms with Crippen LogP contribution in [0, 0.1) is 0 Å². The van der Waals surface area contributed by atoms with Gasteiger partial charge in [0.05, 0.1) is 30.1 Å². The Morgan fingerprint density at radius 2 is 1.89 bits per heavy atom. The van der Waals surface area contributed by atoms with Crippen LogP contribution in [0.2, 0.25) is 5.02 Å². The number of aromatic nitrogens is 3. The van der Waals surface area contributed by atoms with Crippen LogP contribution in [0.15, 0.2) is 48.0 Å². The molecule has 3 aromatic heterocycles. The number of ether oxygens (including phenoxy) is 1. The van der Waals surface area contributed by atoms with Gasteiger partial charge in [0.1, 0.15) is 11.3 Å². The molecule has 0 spiro atoms. The number of aromatic amines is 1. The van der Waals surface area contributed by atoms with E-state index in [1.54, 1.807) is 6.20 Å². The third-order valence-corrected chi connectivity index (χ3v) is 8.03. The van der Waals surface area contributed by atoms with Crippen molar-refractivity contribution in [3.63, 3.8) is 0 Å². The molecule has 0 amide bonds. The van der Waals surface area contributed by atoms with Gasteiger partial charge < -0.3 is 19.9 Å². The van der Waals surface area contributed by atoms with Crippen LogP contribution in [0.4, 0.5) is 11.4 Å². The number of likely N-dealkylation sites (tertiary alicyclic amines) is 1. The fourth-order valence-electron chi connectivity index (χ4n) is 4.93. The summed E-state index contributed by atoms with van der Waals surface area (Å²) in [7, 11) is 0. The molecule has 5 heterocycles. The van der Waals surface area contributed by atoms with Crippen LogP contribution in [-0.4, -0.2) is 65.3 Å². The summed E-state index contributed by atoms with van der Waals surface area (Å²) in [4.78, 5) is 19.0. The zero-order chi connectivity index (χ0) is 23.6. The van der Waals surface area contributed by atoms with E-state index >= 15 is 0 Å². The number of nitrogens with zero attached hydrogens (tertiary/aromatic N) is 4. The number of rotatable bonds is 6. The maximum absolute atomic E-state index is 6.61. The second-order valence-corrected chi connectivity index (χ2v) is 10.6. The molecular weight excluding hydrogens is 480 g/mol. The van der Waals surface area contributed by atoms with Crippen LogP contribution in [0.5, 0.6) is 0 Å². The lowest BCUT2D eigenvalue weighted by molar-refractivity contribution is 0.122. The highest BCUT2D eigenvalue weighted by molar-refractivity contribution is 7.09. The number of halogens is 1. The predicted molar refractivity (Wildman–Crippen MR) is 144 cm³/mol. The number of nitrogens with one attached hydrogen (secondary N) is 2. The minimum atomic E-state index is 0.372. The Bertz CT molecular complexity index is 1260. The summed E-state index contributed by atoms with van der Waals surface area (Å²) >= 11 is 8.44. The molecule has 9 heteroatoms. The first-order valence-electron chi connectivity index (χ1n) is 12.2. The summed E-state index contributed by atoms with van der Waals surface area (Å²) in [5.41, 5.74) is 4.69. The number of imidazole rings is 1. The van der Waals surface area contributed by atoms with Crippen LogP contribution >= 0.6 is 22.9 Å². The van der Waals surface area contributed by atoms with Crippen molar-refractivity contribution in [2.24, 2.45) is 0 Å². The van der Waals surface area contributed by atoms with E-state index in [1.807, 2.05) is 11.3 Å². The van der Waals surface area contributed by atoms with Crippen molar-refractivity contribution < 1.29 is 4.74 Å². The van der Waals surface area contributed by atoms with Crippen molar-refractivity contribution in [3.8, 4) is 11.4 Å². The van der Waals surface area contributed by atoms with E-state index in [0.29, 0.717) is 16.7 Å². The van der Waals surface area contributed by atoms with Gasteiger partial charge in [-0.15, -0.1) is 11.3 Å². The molecule has 0 atom stereocenters. The van der Waals surface area contributed by atoms with E-state index < -0.39 is 0 Å². The topological polar surface area (TPSA) is 69.3 Å². The van der Waals surface area contributed by atoms with Gasteiger partial charge in [0, 0.05) is 54.9 Å². The normalized spacial score (nSPS) is 17.8. The number of hydrogen-bond acceptors (Lipinski definition) is 7. The summed E-state index contributed by atoms with van der Waals surface area (Å²) in [6.45, 7) is 6.60. The molecule has 2 fully saturated rings. The molecule has 6 rings (SSSR count). The van der Waals surface area contributed by atoms with Crippen molar-refractivity contribution >= 4 is 45.5 Å². The van der Waals surface area contributed by atoms with Gasteiger partial charge in [-0.1, -0.05) is 17.7 Å². The maximum Gasteiger partial charge on any atom is 0.180 e. The van der Waals surface area contributed by atoms with Gasteiger partial charge in [0.25, 0.3) is 0 Å². The average molecular weight is 509 g/mol. The third-order valence-electron chi connectivity index (χ3n) is 6.89. The van der Waals surface area contributed by atoms with Crippen LogP contribution in [0.25, 0.3) is 22.6 Å². The Morgan fingerprint density at radius 1 is 1.09 bits per heavy atom. The molecule has 2 saturated heterocycles. The Morgan fingerprint density at radius 3 is 2.63 bits per heavy atom. The first kappa shape index (κ1) is 22.8. The van der Waals surface area contributed by atoms with Crippen molar-refractivity contribution in [2.75, 3.05) is 49.6 Å². The lowest BCUT2D eigenvalue weighted by Gasteiger charge is -2.32. The number of morpholine rings is 1. The molecule has 0 radical (unpaired) electrons. The molecule has 2 aliphatic heterocycles. The Labute approximate surface area is 214 Å². The summed E-state index contributed by atoms with van der Waals surface area (Å²) in [5.74, 6) is 0.803. The third kappa shape index (κ3) is 5.02. The second kappa shape index (κ2) is 10.1. The SMILES string of the molecule is Clc1cnc2nc(-c3ccc(N4CCOCC4)cc3)[nH]c2c1NC1CCN(Cc2cccs2)CC1. The van der Waals surface area contributed by atoms with Gasteiger partial charge >= 0.3 is 0 Å². The van der Waals surface area contributed by atoms with Gasteiger partial charge in [-0.3, -0.25) is 4.90 Å². The highest BCUT2D eigenvalue weighted by atomic mass is 35.5. The lowest BCUT2D eigenvalue weighted by Crippen LogP contribution is -2.38. The zero-order valence-electron chi connectivity index (χ0n) is 19.5. The minimum absolute atomic E-state index is 0.372. The Hall–Kier alpha value is -2.65. The molecule has 2 N–H and O–H groups in total. The van der Waals surface area contributed by atoms with Crippen molar-refractivity contribution in [1.82, 2.24) is 19.9 Å². The zero-order valence-corrected chi connectivity index (χ0v) is 21.1. The number of anilines is 2. The highest BCUT2D eigenvalue weighted by Gasteiger charge is 2.22. The molecular formula is C26H29ClN6OS. The Kier molecular flexibility index (Phi) is 6.61. The van der Waals surface area contributed by atoms with Crippen molar-refractivity contribution in [2.45, 2.75) is 25.4 Å². The van der Waals surface area contributed by atoms with E-state index in [1.165, 1.54) is 10.6 Å². The van der Waals surface area contributed by atoms with E-state index in [4.69, 9.17) is 21.3 Å². The highest BCUT2D eigenvalue weighted by Crippen LogP contribution is 2.33. The largest absolute Gasteiger partial charge is 0.379 e. The van der Waals surface area contributed by atoms with Crippen molar-refractivity contribution in [3.05, 3.63) is 57.9 Å². The molecule has 0 unspecified atom stereocenters. The molecule has 7 nitrogen and oxygen atoms in total. The van der Waals surface area contributed by atoms with Crippen LogP contribution in [0.1, 0.15) is 17.7 Å². The number of H-pyrrole nitrogens is 1. The molecule has 182 valence electrons. The summed E-state index contributed by atoms with van der Waals surface area (Å²) in [5, 5.41) is 6.47. The first-order chi connectivity index (χ1) is 17.2.